The van der Waals surface area contributed by atoms with Gasteiger partial charge in [0.25, 0.3) is 0 Å². The Morgan fingerprint density at radius 1 is 1.05 bits per heavy atom. The van der Waals surface area contributed by atoms with Gasteiger partial charge in [-0.3, -0.25) is 4.98 Å². The monoisotopic (exact) mass is 254 g/mol. The standard InChI is InChI=1S/C17H22N2/c1-2-14-10-15(6-3-4-8-18)12-17(11-14)16-7-5-9-19-13-16/h5,7,9-13H,2-4,6,8,18H2,1H3. The summed E-state index contributed by atoms with van der Waals surface area (Å²) in [4.78, 5) is 4.21. The lowest BCUT2D eigenvalue weighted by molar-refractivity contribution is 0.744. The second kappa shape index (κ2) is 7.05. The number of rotatable bonds is 6. The summed E-state index contributed by atoms with van der Waals surface area (Å²) >= 11 is 0. The molecule has 1 aromatic carbocycles. The first-order chi connectivity index (χ1) is 9.33. The minimum atomic E-state index is 0.781. The summed E-state index contributed by atoms with van der Waals surface area (Å²) in [5, 5.41) is 0. The number of benzene rings is 1. The topological polar surface area (TPSA) is 38.9 Å². The van der Waals surface area contributed by atoms with Gasteiger partial charge >= 0.3 is 0 Å². The summed E-state index contributed by atoms with van der Waals surface area (Å²) < 4.78 is 0. The first-order valence-corrected chi connectivity index (χ1v) is 7.06. The average Bonchev–Trinajstić information content (AvgIpc) is 2.48. The highest BCUT2D eigenvalue weighted by molar-refractivity contribution is 5.64. The van der Waals surface area contributed by atoms with Crippen LogP contribution in [0.1, 0.15) is 30.9 Å². The van der Waals surface area contributed by atoms with Crippen LogP contribution >= 0.6 is 0 Å². The van der Waals surface area contributed by atoms with Gasteiger partial charge in [-0.2, -0.15) is 0 Å². The van der Waals surface area contributed by atoms with Crippen molar-refractivity contribution in [1.82, 2.24) is 4.98 Å². The van der Waals surface area contributed by atoms with Crippen LogP contribution in [0.15, 0.2) is 42.7 Å². The molecule has 0 saturated carbocycles. The zero-order chi connectivity index (χ0) is 13.5. The molecule has 0 unspecified atom stereocenters. The molecule has 19 heavy (non-hydrogen) atoms. The van der Waals surface area contributed by atoms with E-state index in [9.17, 15) is 0 Å². The van der Waals surface area contributed by atoms with E-state index in [0.29, 0.717) is 0 Å². The quantitative estimate of drug-likeness (QED) is 0.800. The Hall–Kier alpha value is -1.67. The van der Waals surface area contributed by atoms with Crippen LogP contribution in [0.2, 0.25) is 0 Å². The van der Waals surface area contributed by atoms with Gasteiger partial charge in [0.1, 0.15) is 0 Å². The number of aryl methyl sites for hydroxylation is 2. The van der Waals surface area contributed by atoms with E-state index in [1.54, 1.807) is 0 Å². The molecule has 2 N–H and O–H groups in total. The zero-order valence-electron chi connectivity index (χ0n) is 11.6. The summed E-state index contributed by atoms with van der Waals surface area (Å²) in [5.74, 6) is 0. The molecule has 2 rings (SSSR count). The fourth-order valence-corrected chi connectivity index (χ4v) is 2.28. The van der Waals surface area contributed by atoms with Crippen LogP contribution in [-0.4, -0.2) is 11.5 Å². The van der Waals surface area contributed by atoms with Gasteiger partial charge in [0, 0.05) is 18.0 Å². The molecule has 1 heterocycles. The minimum Gasteiger partial charge on any atom is -0.330 e. The van der Waals surface area contributed by atoms with E-state index in [1.807, 2.05) is 18.5 Å². The number of pyridine rings is 1. The number of nitrogens with two attached hydrogens (primary N) is 1. The highest BCUT2D eigenvalue weighted by Gasteiger charge is 2.03. The van der Waals surface area contributed by atoms with Crippen LogP contribution in [-0.2, 0) is 12.8 Å². The molecule has 1 aromatic heterocycles. The van der Waals surface area contributed by atoms with Gasteiger partial charge in [-0.25, -0.2) is 0 Å². The van der Waals surface area contributed by atoms with Gasteiger partial charge in [-0.05, 0) is 55.0 Å². The maximum atomic E-state index is 5.56. The summed E-state index contributed by atoms with van der Waals surface area (Å²) in [6.45, 7) is 2.98. The SMILES string of the molecule is CCc1cc(CCCCN)cc(-c2cccnc2)c1. The fourth-order valence-electron chi connectivity index (χ4n) is 2.28. The van der Waals surface area contributed by atoms with Gasteiger partial charge in [-0.15, -0.1) is 0 Å². The Morgan fingerprint density at radius 3 is 2.58 bits per heavy atom. The molecule has 2 heteroatoms. The van der Waals surface area contributed by atoms with E-state index >= 15 is 0 Å². The van der Waals surface area contributed by atoms with Crippen molar-refractivity contribution in [3.8, 4) is 11.1 Å². The summed E-state index contributed by atoms with van der Waals surface area (Å²) in [5.41, 5.74) is 10.8. The lowest BCUT2D eigenvalue weighted by atomic mass is 9.97. The lowest BCUT2D eigenvalue weighted by Gasteiger charge is -2.09. The van der Waals surface area contributed by atoms with Crippen LogP contribution in [0.3, 0.4) is 0 Å². The number of hydrogen-bond donors (Lipinski definition) is 1. The third-order valence-corrected chi connectivity index (χ3v) is 3.38. The van der Waals surface area contributed by atoms with Crippen molar-refractivity contribution in [1.29, 1.82) is 0 Å². The molecule has 0 aliphatic carbocycles. The maximum absolute atomic E-state index is 5.56. The largest absolute Gasteiger partial charge is 0.330 e. The van der Waals surface area contributed by atoms with Crippen LogP contribution in [0.4, 0.5) is 0 Å². The number of unbranched alkanes of at least 4 members (excludes halogenated alkanes) is 1. The normalized spacial score (nSPS) is 10.6. The molecule has 0 aliphatic heterocycles. The fraction of sp³-hybridized carbons (Fsp3) is 0.353. The van der Waals surface area contributed by atoms with Crippen LogP contribution in [0, 0.1) is 0 Å². The molecule has 2 nitrogen and oxygen atoms in total. The number of hydrogen-bond acceptors (Lipinski definition) is 2. The molecule has 0 atom stereocenters. The molecular formula is C17H22N2. The van der Waals surface area contributed by atoms with E-state index in [1.165, 1.54) is 22.3 Å². The highest BCUT2D eigenvalue weighted by atomic mass is 14.6. The molecule has 0 aliphatic rings. The summed E-state index contributed by atoms with van der Waals surface area (Å²) in [6.07, 6.45) is 8.18. The van der Waals surface area contributed by atoms with E-state index < -0.39 is 0 Å². The molecule has 0 radical (unpaired) electrons. The third-order valence-electron chi connectivity index (χ3n) is 3.38. The van der Waals surface area contributed by atoms with Crippen molar-refractivity contribution in [2.24, 2.45) is 5.73 Å². The second-order valence-corrected chi connectivity index (χ2v) is 4.88. The van der Waals surface area contributed by atoms with Crippen molar-refractivity contribution >= 4 is 0 Å². The van der Waals surface area contributed by atoms with Crippen molar-refractivity contribution in [3.63, 3.8) is 0 Å². The van der Waals surface area contributed by atoms with Crippen molar-refractivity contribution in [2.75, 3.05) is 6.54 Å². The average molecular weight is 254 g/mol. The third kappa shape index (κ3) is 3.90. The predicted molar refractivity (Wildman–Crippen MR) is 81.0 cm³/mol. The maximum Gasteiger partial charge on any atom is 0.0346 e. The summed E-state index contributed by atoms with van der Waals surface area (Å²) in [6, 6.07) is 11.0. The molecular weight excluding hydrogens is 232 g/mol. The molecule has 0 amide bonds. The first-order valence-electron chi connectivity index (χ1n) is 7.06. The minimum absolute atomic E-state index is 0.781. The van der Waals surface area contributed by atoms with E-state index in [4.69, 9.17) is 5.73 Å². The molecule has 0 fully saturated rings. The van der Waals surface area contributed by atoms with E-state index in [0.717, 1.165) is 32.2 Å². The molecule has 0 bridgehead atoms. The van der Waals surface area contributed by atoms with Gasteiger partial charge < -0.3 is 5.73 Å². The zero-order valence-corrected chi connectivity index (χ0v) is 11.6. The van der Waals surface area contributed by atoms with E-state index in [2.05, 4.69) is 36.2 Å². The second-order valence-electron chi connectivity index (χ2n) is 4.88. The first kappa shape index (κ1) is 13.8. The number of aromatic nitrogens is 1. The molecule has 0 spiro atoms. The molecule has 0 saturated heterocycles. The predicted octanol–water partition coefficient (Wildman–Crippen LogP) is 3.59. The van der Waals surface area contributed by atoms with Crippen LogP contribution in [0.25, 0.3) is 11.1 Å². The molecule has 2 aromatic rings. The Labute approximate surface area is 115 Å². The van der Waals surface area contributed by atoms with E-state index in [-0.39, 0.29) is 0 Å². The van der Waals surface area contributed by atoms with Crippen molar-refractivity contribution in [3.05, 3.63) is 53.9 Å². The molecule has 100 valence electrons. The van der Waals surface area contributed by atoms with Gasteiger partial charge in [0.2, 0.25) is 0 Å². The Morgan fingerprint density at radius 2 is 1.89 bits per heavy atom. The van der Waals surface area contributed by atoms with Crippen LogP contribution in [0.5, 0.6) is 0 Å². The van der Waals surface area contributed by atoms with Gasteiger partial charge in [-0.1, -0.05) is 31.2 Å². The van der Waals surface area contributed by atoms with Gasteiger partial charge in [0.15, 0.2) is 0 Å². The Bertz CT molecular complexity index is 506. The highest BCUT2D eigenvalue weighted by Crippen LogP contribution is 2.23. The lowest BCUT2D eigenvalue weighted by Crippen LogP contribution is -1.99. The van der Waals surface area contributed by atoms with Gasteiger partial charge in [0.05, 0.1) is 0 Å². The smallest absolute Gasteiger partial charge is 0.0346 e. The van der Waals surface area contributed by atoms with Crippen molar-refractivity contribution < 1.29 is 0 Å². The summed E-state index contributed by atoms with van der Waals surface area (Å²) in [7, 11) is 0. The van der Waals surface area contributed by atoms with Crippen molar-refractivity contribution in [2.45, 2.75) is 32.6 Å². The van der Waals surface area contributed by atoms with Crippen LogP contribution < -0.4 is 5.73 Å². The Kier molecular flexibility index (Phi) is 5.10. The Balaban J connectivity index is 2.26. The number of nitrogens with zero attached hydrogens (tertiary/aromatic N) is 1.